The van der Waals surface area contributed by atoms with Crippen LogP contribution in [0.2, 0.25) is 0 Å². The maximum atomic E-state index is 13.7. The van der Waals surface area contributed by atoms with Crippen LogP contribution in [-0.2, 0) is 16.1 Å². The van der Waals surface area contributed by atoms with Crippen LogP contribution in [0.1, 0.15) is 5.56 Å². The molecule has 16 heavy (non-hydrogen) atoms. The number of nitrogens with one attached hydrogen (secondary N) is 2. The van der Waals surface area contributed by atoms with Crippen molar-refractivity contribution in [2.24, 2.45) is 0 Å². The highest BCUT2D eigenvalue weighted by molar-refractivity contribution is 6.02. The molecule has 0 aromatic heterocycles. The number of carbonyl (C=O) groups is 1. The minimum Gasteiger partial charge on any atom is -0.392 e. The average Bonchev–Trinajstić information content (AvgIpc) is 2.30. The number of anilines is 2. The van der Waals surface area contributed by atoms with Gasteiger partial charge in [0.25, 0.3) is 5.91 Å². The Kier molecular flexibility index (Phi) is 2.76. The smallest absolute Gasteiger partial charge is 0.274 e. The quantitative estimate of drug-likeness (QED) is 0.692. The Morgan fingerprint density at radius 3 is 2.94 bits per heavy atom. The van der Waals surface area contributed by atoms with Crippen LogP contribution in [0.3, 0.4) is 0 Å². The highest BCUT2D eigenvalue weighted by Gasteiger charge is 2.27. The summed E-state index contributed by atoms with van der Waals surface area (Å²) in [5, 5.41) is 14.0. The maximum absolute atomic E-state index is 13.7. The van der Waals surface area contributed by atoms with E-state index in [1.165, 1.54) is 13.2 Å². The molecule has 1 heterocycles. The maximum Gasteiger partial charge on any atom is 0.274 e. The van der Waals surface area contributed by atoms with Crippen molar-refractivity contribution in [2.75, 3.05) is 17.7 Å². The van der Waals surface area contributed by atoms with Gasteiger partial charge in [-0.05, 0) is 6.07 Å². The van der Waals surface area contributed by atoms with Crippen LogP contribution >= 0.6 is 0 Å². The molecule has 3 N–H and O–H groups in total. The number of aliphatic hydroxyl groups excluding tert-OH is 1. The Labute approximate surface area is 91.2 Å². The third-order valence-electron chi connectivity index (χ3n) is 2.40. The number of aliphatic hydroxyl groups is 1. The molecule has 86 valence electrons. The SMILES string of the molecule is COC1Nc2ccc(CO)c(F)c2NC1=O. The van der Waals surface area contributed by atoms with E-state index in [1.807, 2.05) is 0 Å². The van der Waals surface area contributed by atoms with E-state index in [-0.39, 0.29) is 11.3 Å². The largest absolute Gasteiger partial charge is 0.392 e. The number of methoxy groups -OCH3 is 1. The van der Waals surface area contributed by atoms with Gasteiger partial charge in [-0.1, -0.05) is 6.07 Å². The number of fused-ring (bicyclic) bond motifs is 1. The van der Waals surface area contributed by atoms with E-state index in [0.29, 0.717) is 5.69 Å². The molecule has 0 spiro atoms. The fourth-order valence-corrected chi connectivity index (χ4v) is 1.55. The molecule has 1 aromatic rings. The Morgan fingerprint density at radius 1 is 1.56 bits per heavy atom. The molecule has 0 radical (unpaired) electrons. The summed E-state index contributed by atoms with van der Waals surface area (Å²) in [4.78, 5) is 11.4. The van der Waals surface area contributed by atoms with Gasteiger partial charge in [-0.2, -0.15) is 0 Å². The van der Waals surface area contributed by atoms with Gasteiger partial charge in [-0.25, -0.2) is 4.39 Å². The van der Waals surface area contributed by atoms with Crippen LogP contribution in [0, 0.1) is 5.82 Å². The fraction of sp³-hybridized carbons (Fsp3) is 0.300. The van der Waals surface area contributed by atoms with Crippen molar-refractivity contribution in [2.45, 2.75) is 12.8 Å². The van der Waals surface area contributed by atoms with E-state index < -0.39 is 24.6 Å². The summed E-state index contributed by atoms with van der Waals surface area (Å²) in [5.41, 5.74) is 0.614. The first-order valence-electron chi connectivity index (χ1n) is 4.69. The molecule has 1 atom stereocenters. The summed E-state index contributed by atoms with van der Waals surface area (Å²) in [6.45, 7) is -0.414. The van der Waals surface area contributed by atoms with E-state index in [0.717, 1.165) is 0 Å². The summed E-state index contributed by atoms with van der Waals surface area (Å²) in [6, 6.07) is 3.03. The molecule has 2 rings (SSSR count). The first kappa shape index (κ1) is 10.8. The Morgan fingerprint density at radius 2 is 2.31 bits per heavy atom. The molecule has 1 unspecified atom stereocenters. The number of rotatable bonds is 2. The molecule has 0 fully saturated rings. The van der Waals surface area contributed by atoms with Gasteiger partial charge in [0, 0.05) is 12.7 Å². The van der Waals surface area contributed by atoms with Crippen molar-refractivity contribution in [3.63, 3.8) is 0 Å². The Balaban J connectivity index is 2.43. The molecule has 1 aliphatic heterocycles. The third-order valence-corrected chi connectivity index (χ3v) is 2.40. The molecule has 0 saturated carbocycles. The highest BCUT2D eigenvalue weighted by atomic mass is 19.1. The monoisotopic (exact) mass is 226 g/mol. The van der Waals surface area contributed by atoms with Crippen LogP contribution in [0.15, 0.2) is 12.1 Å². The second-order valence-corrected chi connectivity index (χ2v) is 3.37. The van der Waals surface area contributed by atoms with Gasteiger partial charge in [-0.3, -0.25) is 4.79 Å². The second kappa shape index (κ2) is 4.07. The first-order valence-corrected chi connectivity index (χ1v) is 4.69. The normalized spacial score (nSPS) is 18.7. The number of amides is 1. The van der Waals surface area contributed by atoms with Gasteiger partial charge in [-0.15, -0.1) is 0 Å². The van der Waals surface area contributed by atoms with Crippen molar-refractivity contribution in [1.29, 1.82) is 0 Å². The van der Waals surface area contributed by atoms with E-state index >= 15 is 0 Å². The lowest BCUT2D eigenvalue weighted by atomic mass is 10.1. The minimum atomic E-state index is -0.827. The molecule has 0 aliphatic carbocycles. The van der Waals surface area contributed by atoms with Gasteiger partial charge in [0.15, 0.2) is 5.82 Å². The van der Waals surface area contributed by atoms with Crippen LogP contribution in [0.25, 0.3) is 0 Å². The van der Waals surface area contributed by atoms with Gasteiger partial charge in [0.1, 0.15) is 5.69 Å². The lowest BCUT2D eigenvalue weighted by Crippen LogP contribution is -2.40. The first-order chi connectivity index (χ1) is 7.67. The van der Waals surface area contributed by atoms with E-state index in [2.05, 4.69) is 10.6 Å². The number of benzene rings is 1. The van der Waals surface area contributed by atoms with Crippen molar-refractivity contribution in [3.05, 3.63) is 23.5 Å². The van der Waals surface area contributed by atoms with Gasteiger partial charge in [0.2, 0.25) is 6.23 Å². The molecule has 5 nitrogen and oxygen atoms in total. The molecule has 0 bridgehead atoms. The molecular weight excluding hydrogens is 215 g/mol. The number of hydrogen-bond acceptors (Lipinski definition) is 4. The minimum absolute atomic E-state index is 0.0462. The van der Waals surface area contributed by atoms with E-state index in [1.54, 1.807) is 6.07 Å². The molecule has 1 amide bonds. The summed E-state index contributed by atoms with van der Waals surface area (Å²) in [5.74, 6) is -1.10. The average molecular weight is 226 g/mol. The molecular formula is C10H11FN2O3. The second-order valence-electron chi connectivity index (χ2n) is 3.37. The number of halogens is 1. The predicted molar refractivity (Wildman–Crippen MR) is 55.4 cm³/mol. The van der Waals surface area contributed by atoms with Gasteiger partial charge >= 0.3 is 0 Å². The fourth-order valence-electron chi connectivity index (χ4n) is 1.55. The lowest BCUT2D eigenvalue weighted by Gasteiger charge is -2.26. The standard InChI is InChI=1S/C10H11FN2O3/c1-16-10-9(15)13-8-6(12-10)3-2-5(4-14)7(8)11/h2-3,10,12,14H,4H2,1H3,(H,13,15). The number of hydrogen-bond donors (Lipinski definition) is 3. The van der Waals surface area contributed by atoms with Crippen LogP contribution < -0.4 is 10.6 Å². The highest BCUT2D eigenvalue weighted by Crippen LogP contribution is 2.31. The zero-order chi connectivity index (χ0) is 11.7. The molecule has 0 saturated heterocycles. The van der Waals surface area contributed by atoms with Crippen LogP contribution in [-0.4, -0.2) is 24.4 Å². The van der Waals surface area contributed by atoms with Crippen molar-refractivity contribution >= 4 is 17.3 Å². The van der Waals surface area contributed by atoms with Gasteiger partial charge in [0.05, 0.1) is 12.3 Å². The topological polar surface area (TPSA) is 70.6 Å². The summed E-state index contributed by atoms with van der Waals surface area (Å²) >= 11 is 0. The predicted octanol–water partition coefficient (Wildman–Crippen LogP) is 0.654. The van der Waals surface area contributed by atoms with Crippen molar-refractivity contribution in [1.82, 2.24) is 0 Å². The van der Waals surface area contributed by atoms with E-state index in [4.69, 9.17) is 9.84 Å². The van der Waals surface area contributed by atoms with Gasteiger partial charge < -0.3 is 20.5 Å². The molecule has 6 heteroatoms. The summed E-state index contributed by atoms with van der Waals surface area (Å²) < 4.78 is 18.6. The van der Waals surface area contributed by atoms with Crippen molar-refractivity contribution in [3.8, 4) is 0 Å². The third kappa shape index (κ3) is 1.62. The molecule has 1 aliphatic rings. The Bertz CT molecular complexity index is 436. The lowest BCUT2D eigenvalue weighted by molar-refractivity contribution is -0.124. The zero-order valence-corrected chi connectivity index (χ0v) is 8.58. The summed E-state index contributed by atoms with van der Waals surface area (Å²) in [7, 11) is 1.38. The Hall–Kier alpha value is -1.66. The number of ether oxygens (including phenoxy) is 1. The van der Waals surface area contributed by atoms with Crippen LogP contribution in [0.4, 0.5) is 15.8 Å². The number of carbonyl (C=O) groups excluding carboxylic acids is 1. The van der Waals surface area contributed by atoms with Crippen LogP contribution in [0.5, 0.6) is 0 Å². The van der Waals surface area contributed by atoms with Crippen molar-refractivity contribution < 1.29 is 19.0 Å². The molecule has 1 aromatic carbocycles. The zero-order valence-electron chi connectivity index (χ0n) is 8.58. The van der Waals surface area contributed by atoms with E-state index in [9.17, 15) is 9.18 Å². The summed E-state index contributed by atoms with van der Waals surface area (Å²) in [6.07, 6.45) is -0.827.